The van der Waals surface area contributed by atoms with Crippen LogP contribution in [0.1, 0.15) is 29.3 Å². The molecule has 0 saturated heterocycles. The normalized spacial score (nSPS) is 10.5. The summed E-state index contributed by atoms with van der Waals surface area (Å²) in [5, 5.41) is 9.57. The van der Waals surface area contributed by atoms with Crippen LogP contribution in [-0.2, 0) is 6.42 Å². The fourth-order valence-corrected chi connectivity index (χ4v) is 3.05. The summed E-state index contributed by atoms with van der Waals surface area (Å²) in [6.07, 6.45) is 2.89. The van der Waals surface area contributed by atoms with Crippen LogP contribution in [0.25, 0.3) is 22.3 Å². The number of rotatable bonds is 5. The molecule has 0 atom stereocenters. The van der Waals surface area contributed by atoms with Gasteiger partial charge < -0.3 is 5.11 Å². The maximum atomic E-state index is 11.8. The van der Waals surface area contributed by atoms with Gasteiger partial charge in [-0.3, -0.25) is 4.79 Å². The zero-order chi connectivity index (χ0) is 16.9. The van der Waals surface area contributed by atoms with Gasteiger partial charge in [0.15, 0.2) is 6.29 Å². The fraction of sp³-hybridized carbons (Fsp3) is 0.136. The summed E-state index contributed by atoms with van der Waals surface area (Å²) in [4.78, 5) is 11.8. The molecule has 0 radical (unpaired) electrons. The molecule has 0 aromatic heterocycles. The highest BCUT2D eigenvalue weighted by molar-refractivity contribution is 5.96. The van der Waals surface area contributed by atoms with Crippen molar-refractivity contribution in [1.82, 2.24) is 0 Å². The van der Waals surface area contributed by atoms with Crippen molar-refractivity contribution >= 4 is 6.29 Å². The second-order valence-electron chi connectivity index (χ2n) is 5.89. The Kier molecular flexibility index (Phi) is 4.76. The summed E-state index contributed by atoms with van der Waals surface area (Å²) in [5.41, 5.74) is 5.83. The number of aryl methyl sites for hydroxylation is 1. The first-order valence-electron chi connectivity index (χ1n) is 8.20. The van der Waals surface area contributed by atoms with Gasteiger partial charge in [-0.15, -0.1) is 0 Å². The number of benzene rings is 3. The van der Waals surface area contributed by atoms with Gasteiger partial charge in [0, 0.05) is 11.1 Å². The molecule has 3 aromatic carbocycles. The van der Waals surface area contributed by atoms with Crippen molar-refractivity contribution in [2.45, 2.75) is 19.8 Å². The molecule has 0 spiro atoms. The van der Waals surface area contributed by atoms with Gasteiger partial charge in [0.05, 0.1) is 0 Å². The van der Waals surface area contributed by atoms with E-state index in [-0.39, 0.29) is 5.75 Å². The molecule has 0 saturated carbocycles. The van der Waals surface area contributed by atoms with E-state index in [9.17, 15) is 9.90 Å². The average molecular weight is 316 g/mol. The topological polar surface area (TPSA) is 37.3 Å². The van der Waals surface area contributed by atoms with E-state index in [4.69, 9.17) is 0 Å². The van der Waals surface area contributed by atoms with E-state index in [1.54, 1.807) is 12.1 Å². The summed E-state index contributed by atoms with van der Waals surface area (Å²) in [7, 11) is 0. The third-order valence-corrected chi connectivity index (χ3v) is 4.14. The van der Waals surface area contributed by atoms with E-state index >= 15 is 0 Å². The van der Waals surface area contributed by atoms with Gasteiger partial charge in [-0.25, -0.2) is 0 Å². The van der Waals surface area contributed by atoms with Crippen molar-refractivity contribution in [2.75, 3.05) is 0 Å². The quantitative estimate of drug-likeness (QED) is 0.632. The maximum absolute atomic E-state index is 11.8. The highest BCUT2D eigenvalue weighted by atomic mass is 16.3. The number of hydrogen-bond acceptors (Lipinski definition) is 2. The number of aldehydes is 1. The number of hydrogen-bond donors (Lipinski definition) is 1. The third kappa shape index (κ3) is 3.23. The Balaban J connectivity index is 2.28. The highest BCUT2D eigenvalue weighted by Crippen LogP contribution is 2.36. The molecule has 2 heteroatoms. The number of phenolic OH excluding ortho intramolecular Hbond substituents is 1. The molecular formula is C22H20O2. The molecule has 0 unspecified atom stereocenters. The molecule has 3 rings (SSSR count). The zero-order valence-corrected chi connectivity index (χ0v) is 13.7. The third-order valence-electron chi connectivity index (χ3n) is 4.14. The van der Waals surface area contributed by atoms with Crippen LogP contribution in [0, 0.1) is 0 Å². The second-order valence-corrected chi connectivity index (χ2v) is 5.89. The number of phenols is 1. The minimum absolute atomic E-state index is 0.236. The summed E-state index contributed by atoms with van der Waals surface area (Å²) in [6, 6.07) is 21.2. The van der Waals surface area contributed by atoms with E-state index < -0.39 is 0 Å². The van der Waals surface area contributed by atoms with Crippen molar-refractivity contribution in [3.63, 3.8) is 0 Å². The average Bonchev–Trinajstić information content (AvgIpc) is 2.62. The lowest BCUT2D eigenvalue weighted by Crippen LogP contribution is -1.96. The Labute approximate surface area is 142 Å². The lowest BCUT2D eigenvalue weighted by molar-refractivity contribution is 0.112. The Morgan fingerprint density at radius 3 is 2.25 bits per heavy atom. The van der Waals surface area contributed by atoms with E-state index in [2.05, 4.69) is 13.0 Å². The largest absolute Gasteiger partial charge is 0.508 e. The predicted octanol–water partition coefficient (Wildman–Crippen LogP) is 5.49. The molecular weight excluding hydrogens is 296 g/mol. The van der Waals surface area contributed by atoms with Crippen LogP contribution in [0.3, 0.4) is 0 Å². The van der Waals surface area contributed by atoms with Crippen molar-refractivity contribution in [3.8, 4) is 28.0 Å². The first-order chi connectivity index (χ1) is 11.7. The Morgan fingerprint density at radius 2 is 1.62 bits per heavy atom. The Bertz CT molecular complexity index is 834. The van der Waals surface area contributed by atoms with Gasteiger partial charge in [0.25, 0.3) is 0 Å². The first kappa shape index (κ1) is 16.0. The monoisotopic (exact) mass is 316 g/mol. The lowest BCUT2D eigenvalue weighted by Gasteiger charge is -2.15. The fourth-order valence-electron chi connectivity index (χ4n) is 3.05. The Hall–Kier alpha value is -2.87. The van der Waals surface area contributed by atoms with Crippen molar-refractivity contribution in [1.29, 1.82) is 0 Å². The zero-order valence-electron chi connectivity index (χ0n) is 13.7. The summed E-state index contributed by atoms with van der Waals surface area (Å²) >= 11 is 0. The van der Waals surface area contributed by atoms with Gasteiger partial charge >= 0.3 is 0 Å². The first-order valence-corrected chi connectivity index (χ1v) is 8.20. The van der Waals surface area contributed by atoms with Crippen LogP contribution < -0.4 is 0 Å². The van der Waals surface area contributed by atoms with Gasteiger partial charge in [-0.1, -0.05) is 61.9 Å². The molecule has 0 aliphatic rings. The van der Waals surface area contributed by atoms with Crippen LogP contribution in [0.2, 0.25) is 0 Å². The van der Waals surface area contributed by atoms with Crippen molar-refractivity contribution < 1.29 is 9.90 Å². The summed E-state index contributed by atoms with van der Waals surface area (Å²) < 4.78 is 0. The maximum Gasteiger partial charge on any atom is 0.150 e. The molecule has 1 N–H and O–H groups in total. The summed E-state index contributed by atoms with van der Waals surface area (Å²) in [5.74, 6) is 0.236. The molecule has 0 aliphatic carbocycles. The summed E-state index contributed by atoms with van der Waals surface area (Å²) in [6.45, 7) is 2.13. The molecule has 2 nitrogen and oxygen atoms in total. The molecule has 0 bridgehead atoms. The van der Waals surface area contributed by atoms with Crippen molar-refractivity contribution in [3.05, 3.63) is 77.9 Å². The van der Waals surface area contributed by atoms with Gasteiger partial charge in [0.2, 0.25) is 0 Å². The molecule has 3 aromatic rings. The van der Waals surface area contributed by atoms with Crippen LogP contribution in [0.15, 0.2) is 66.7 Å². The van der Waals surface area contributed by atoms with E-state index in [0.29, 0.717) is 5.56 Å². The van der Waals surface area contributed by atoms with Crippen LogP contribution >= 0.6 is 0 Å². The smallest absolute Gasteiger partial charge is 0.150 e. The molecule has 0 fully saturated rings. The van der Waals surface area contributed by atoms with Gasteiger partial charge in [0.1, 0.15) is 5.75 Å². The van der Waals surface area contributed by atoms with Crippen LogP contribution in [0.4, 0.5) is 0 Å². The van der Waals surface area contributed by atoms with Gasteiger partial charge in [-0.2, -0.15) is 0 Å². The van der Waals surface area contributed by atoms with E-state index in [0.717, 1.165) is 46.9 Å². The van der Waals surface area contributed by atoms with Crippen LogP contribution in [0.5, 0.6) is 5.75 Å². The molecule has 120 valence electrons. The minimum Gasteiger partial charge on any atom is -0.508 e. The highest BCUT2D eigenvalue weighted by Gasteiger charge is 2.14. The number of carbonyl (C=O) groups is 1. The predicted molar refractivity (Wildman–Crippen MR) is 98.4 cm³/mol. The standard InChI is InChI=1S/C22H20O2/c1-2-6-16-13-19(15-23)22(18-7-4-3-5-8-18)21(14-16)17-9-11-20(24)12-10-17/h3-5,7-15,24H,2,6H2,1H3. The minimum atomic E-state index is 0.236. The Morgan fingerprint density at radius 1 is 0.917 bits per heavy atom. The van der Waals surface area contributed by atoms with Crippen molar-refractivity contribution in [2.24, 2.45) is 0 Å². The SMILES string of the molecule is CCCc1cc(C=O)c(-c2ccccc2)c(-c2ccc(O)cc2)c1. The molecule has 0 heterocycles. The van der Waals surface area contributed by atoms with E-state index in [1.165, 1.54) is 0 Å². The van der Waals surface area contributed by atoms with E-state index in [1.807, 2.05) is 48.5 Å². The van der Waals surface area contributed by atoms with Gasteiger partial charge in [-0.05, 0) is 46.9 Å². The molecule has 24 heavy (non-hydrogen) atoms. The number of carbonyl (C=O) groups excluding carboxylic acids is 1. The number of aromatic hydroxyl groups is 1. The lowest BCUT2D eigenvalue weighted by atomic mass is 9.88. The molecule has 0 aliphatic heterocycles. The second kappa shape index (κ2) is 7.14. The van der Waals surface area contributed by atoms with Crippen LogP contribution in [-0.4, -0.2) is 11.4 Å². The molecule has 0 amide bonds.